The molecule has 20 heavy (non-hydrogen) atoms. The van der Waals surface area contributed by atoms with E-state index in [4.69, 9.17) is 5.73 Å². The topological polar surface area (TPSA) is 85.8 Å². The fourth-order valence-electron chi connectivity index (χ4n) is 1.95. The molecule has 2 rings (SSSR count). The van der Waals surface area contributed by atoms with Crippen molar-refractivity contribution in [3.05, 3.63) is 36.9 Å². The van der Waals surface area contributed by atoms with Crippen LogP contribution in [0.3, 0.4) is 0 Å². The average Bonchev–Trinajstić information content (AvgIpc) is 2.99. The van der Waals surface area contributed by atoms with E-state index in [1.807, 2.05) is 31.2 Å². The largest absolute Gasteiger partial charge is 0.330 e. The minimum atomic E-state index is -0.0109. The van der Waals surface area contributed by atoms with Crippen LogP contribution in [-0.4, -0.2) is 27.2 Å². The molecule has 0 aliphatic carbocycles. The molecule has 1 unspecified atom stereocenters. The maximum Gasteiger partial charge on any atom is 0.224 e. The Morgan fingerprint density at radius 2 is 2.15 bits per heavy atom. The predicted octanol–water partition coefficient (Wildman–Crippen LogP) is 1.58. The summed E-state index contributed by atoms with van der Waals surface area (Å²) in [7, 11) is 0. The summed E-state index contributed by atoms with van der Waals surface area (Å²) in [5.74, 6) is 0.222. The van der Waals surface area contributed by atoms with Gasteiger partial charge in [-0.3, -0.25) is 9.36 Å². The lowest BCUT2D eigenvalue weighted by atomic mass is 10.0. The molecule has 6 nitrogen and oxygen atoms in total. The fraction of sp³-hybridized carbons (Fsp3) is 0.357. The van der Waals surface area contributed by atoms with Crippen molar-refractivity contribution in [2.75, 3.05) is 11.9 Å². The molecule has 0 bridgehead atoms. The van der Waals surface area contributed by atoms with Gasteiger partial charge in [0.2, 0.25) is 5.91 Å². The Morgan fingerprint density at radius 3 is 2.80 bits per heavy atom. The highest BCUT2D eigenvalue weighted by atomic mass is 16.1. The minimum absolute atomic E-state index is 0.0109. The molecule has 2 aromatic rings. The number of benzene rings is 1. The lowest BCUT2D eigenvalue weighted by molar-refractivity contribution is -0.117. The molecule has 0 aliphatic heterocycles. The highest BCUT2D eigenvalue weighted by Gasteiger charge is 2.10. The Labute approximate surface area is 118 Å². The van der Waals surface area contributed by atoms with Gasteiger partial charge in [-0.2, -0.15) is 0 Å². The van der Waals surface area contributed by atoms with Crippen LogP contribution in [0.15, 0.2) is 36.9 Å². The molecule has 6 heteroatoms. The molecule has 106 valence electrons. The number of rotatable bonds is 6. The van der Waals surface area contributed by atoms with Gasteiger partial charge >= 0.3 is 0 Å². The van der Waals surface area contributed by atoms with Crippen LogP contribution in [0.2, 0.25) is 0 Å². The zero-order valence-corrected chi connectivity index (χ0v) is 11.5. The molecule has 1 amide bonds. The van der Waals surface area contributed by atoms with Gasteiger partial charge in [0, 0.05) is 12.1 Å². The summed E-state index contributed by atoms with van der Waals surface area (Å²) in [6.07, 6.45) is 4.58. The van der Waals surface area contributed by atoms with E-state index in [2.05, 4.69) is 15.5 Å². The molecule has 1 aromatic carbocycles. The first-order valence-electron chi connectivity index (χ1n) is 6.68. The van der Waals surface area contributed by atoms with Crippen molar-refractivity contribution < 1.29 is 4.79 Å². The Bertz CT molecular complexity index is 548. The van der Waals surface area contributed by atoms with Crippen LogP contribution in [0.4, 0.5) is 5.69 Å². The van der Waals surface area contributed by atoms with E-state index in [1.54, 1.807) is 17.2 Å². The van der Waals surface area contributed by atoms with Gasteiger partial charge in [0.25, 0.3) is 0 Å². The van der Waals surface area contributed by atoms with E-state index in [0.29, 0.717) is 13.0 Å². The number of nitrogens with zero attached hydrogens (tertiary/aromatic N) is 3. The predicted molar refractivity (Wildman–Crippen MR) is 77.4 cm³/mol. The second-order valence-corrected chi connectivity index (χ2v) is 4.68. The number of nitrogens with one attached hydrogen (secondary N) is 1. The van der Waals surface area contributed by atoms with Crippen molar-refractivity contribution in [1.82, 2.24) is 14.8 Å². The number of nitrogens with two attached hydrogens (primary N) is 1. The van der Waals surface area contributed by atoms with Crippen LogP contribution < -0.4 is 11.1 Å². The third-order valence-corrected chi connectivity index (χ3v) is 3.23. The Balaban J connectivity index is 2.03. The van der Waals surface area contributed by atoms with Crippen LogP contribution in [0.1, 0.15) is 19.8 Å². The van der Waals surface area contributed by atoms with E-state index >= 15 is 0 Å². The van der Waals surface area contributed by atoms with Gasteiger partial charge in [-0.1, -0.05) is 19.4 Å². The summed E-state index contributed by atoms with van der Waals surface area (Å²) in [5, 5.41) is 10.4. The van der Waals surface area contributed by atoms with Crippen molar-refractivity contribution in [2.45, 2.75) is 19.8 Å². The molecule has 1 heterocycles. The number of carbonyl (C=O) groups is 1. The molecule has 0 radical (unpaired) electrons. The molecular weight excluding hydrogens is 254 g/mol. The van der Waals surface area contributed by atoms with Crippen LogP contribution in [0, 0.1) is 5.92 Å². The Morgan fingerprint density at radius 1 is 1.40 bits per heavy atom. The molecule has 0 saturated heterocycles. The zero-order valence-electron chi connectivity index (χ0n) is 11.5. The summed E-state index contributed by atoms with van der Waals surface area (Å²) in [6, 6.07) is 7.54. The summed E-state index contributed by atoms with van der Waals surface area (Å²) in [4.78, 5) is 11.9. The normalized spacial score (nSPS) is 12.1. The maximum atomic E-state index is 11.9. The standard InChI is InChI=1S/C14H19N5O/c1-2-11(8-15)6-14(20)18-12-4-3-5-13(7-12)19-9-16-17-10-19/h3-5,7,9-11H,2,6,8,15H2,1H3,(H,18,20). The maximum absolute atomic E-state index is 11.9. The van der Waals surface area contributed by atoms with Crippen LogP contribution in [0.5, 0.6) is 0 Å². The second-order valence-electron chi connectivity index (χ2n) is 4.68. The third kappa shape index (κ3) is 3.64. The van der Waals surface area contributed by atoms with Gasteiger partial charge in [0.1, 0.15) is 12.7 Å². The first kappa shape index (κ1) is 14.2. The van der Waals surface area contributed by atoms with Gasteiger partial charge in [-0.05, 0) is 30.7 Å². The van der Waals surface area contributed by atoms with Gasteiger partial charge in [-0.15, -0.1) is 10.2 Å². The fourth-order valence-corrected chi connectivity index (χ4v) is 1.95. The highest BCUT2D eigenvalue weighted by molar-refractivity contribution is 5.91. The van der Waals surface area contributed by atoms with Crippen molar-refractivity contribution in [3.8, 4) is 5.69 Å². The number of hydrogen-bond donors (Lipinski definition) is 2. The Kier molecular flexibility index (Phi) is 4.84. The van der Waals surface area contributed by atoms with Crippen molar-refractivity contribution >= 4 is 11.6 Å². The summed E-state index contributed by atoms with van der Waals surface area (Å²) < 4.78 is 1.78. The monoisotopic (exact) mass is 273 g/mol. The van der Waals surface area contributed by atoms with Crippen LogP contribution >= 0.6 is 0 Å². The van der Waals surface area contributed by atoms with Gasteiger partial charge < -0.3 is 11.1 Å². The summed E-state index contributed by atoms with van der Waals surface area (Å²) in [5.41, 5.74) is 7.28. The van der Waals surface area contributed by atoms with E-state index in [-0.39, 0.29) is 11.8 Å². The van der Waals surface area contributed by atoms with Crippen molar-refractivity contribution in [3.63, 3.8) is 0 Å². The molecule has 0 spiro atoms. The lowest BCUT2D eigenvalue weighted by Gasteiger charge is -2.12. The summed E-state index contributed by atoms with van der Waals surface area (Å²) >= 11 is 0. The quantitative estimate of drug-likeness (QED) is 0.836. The van der Waals surface area contributed by atoms with Crippen LogP contribution in [0.25, 0.3) is 5.69 Å². The first-order valence-corrected chi connectivity index (χ1v) is 6.68. The molecule has 1 atom stereocenters. The Hall–Kier alpha value is -2.21. The third-order valence-electron chi connectivity index (χ3n) is 3.23. The lowest BCUT2D eigenvalue weighted by Crippen LogP contribution is -2.21. The van der Waals surface area contributed by atoms with E-state index in [0.717, 1.165) is 17.8 Å². The molecule has 0 fully saturated rings. The van der Waals surface area contributed by atoms with E-state index in [1.165, 1.54) is 0 Å². The average molecular weight is 273 g/mol. The summed E-state index contributed by atoms with van der Waals surface area (Å²) in [6.45, 7) is 2.57. The van der Waals surface area contributed by atoms with Gasteiger partial charge in [0.15, 0.2) is 0 Å². The molecular formula is C14H19N5O. The molecule has 0 aliphatic rings. The minimum Gasteiger partial charge on any atom is -0.330 e. The smallest absolute Gasteiger partial charge is 0.224 e. The highest BCUT2D eigenvalue weighted by Crippen LogP contribution is 2.15. The molecule has 0 saturated carbocycles. The first-order chi connectivity index (χ1) is 9.72. The molecule has 1 aromatic heterocycles. The number of aromatic nitrogens is 3. The van der Waals surface area contributed by atoms with Gasteiger partial charge in [-0.25, -0.2) is 0 Å². The number of amides is 1. The number of anilines is 1. The van der Waals surface area contributed by atoms with E-state index < -0.39 is 0 Å². The van der Waals surface area contributed by atoms with Crippen LogP contribution in [-0.2, 0) is 4.79 Å². The second kappa shape index (κ2) is 6.81. The SMILES string of the molecule is CCC(CN)CC(=O)Nc1cccc(-n2cnnc2)c1. The number of hydrogen-bond acceptors (Lipinski definition) is 4. The van der Waals surface area contributed by atoms with E-state index in [9.17, 15) is 4.79 Å². The van der Waals surface area contributed by atoms with Crippen molar-refractivity contribution in [2.24, 2.45) is 11.7 Å². The van der Waals surface area contributed by atoms with Crippen molar-refractivity contribution in [1.29, 1.82) is 0 Å². The van der Waals surface area contributed by atoms with Gasteiger partial charge in [0.05, 0.1) is 5.69 Å². The molecule has 3 N–H and O–H groups in total. The zero-order chi connectivity index (χ0) is 14.4. The number of carbonyl (C=O) groups excluding carboxylic acids is 1.